The molecule has 2 rings (SSSR count). The van der Waals surface area contributed by atoms with Crippen LogP contribution in [0, 0.1) is 0 Å². The van der Waals surface area contributed by atoms with E-state index in [4.69, 9.17) is 5.11 Å². The van der Waals surface area contributed by atoms with E-state index in [0.717, 1.165) is 17.7 Å². The number of thioether (sulfide) groups is 1. The number of carbonyl (C=O) groups is 1. The van der Waals surface area contributed by atoms with E-state index in [-0.39, 0.29) is 12.5 Å². The van der Waals surface area contributed by atoms with E-state index < -0.39 is 0 Å². The molecule has 0 aromatic carbocycles. The number of thiophene rings is 1. The minimum Gasteiger partial charge on any atom is -0.396 e. The molecule has 0 bridgehead atoms. The summed E-state index contributed by atoms with van der Waals surface area (Å²) in [5, 5.41) is 13.6. The Kier molecular flexibility index (Phi) is 6.72. The lowest BCUT2D eigenvalue weighted by Gasteiger charge is -2.06. The maximum Gasteiger partial charge on any atom is 0.225 e. The van der Waals surface area contributed by atoms with Gasteiger partial charge in [0.15, 0.2) is 0 Å². The fourth-order valence-electron chi connectivity index (χ4n) is 1.78. The normalized spacial score (nSPS) is 10.5. The highest BCUT2D eigenvalue weighted by molar-refractivity contribution is 7.98. The van der Waals surface area contributed by atoms with Crippen molar-refractivity contribution >= 4 is 34.8 Å². The van der Waals surface area contributed by atoms with Crippen LogP contribution in [0.3, 0.4) is 0 Å². The Hall–Kier alpha value is -1.37. The minimum absolute atomic E-state index is 0.0175. The number of pyridine rings is 1. The van der Waals surface area contributed by atoms with Crippen molar-refractivity contribution in [2.45, 2.75) is 18.6 Å². The van der Waals surface area contributed by atoms with Crippen LogP contribution >= 0.6 is 23.1 Å². The predicted molar refractivity (Wildman–Crippen MR) is 88.8 cm³/mol. The van der Waals surface area contributed by atoms with Gasteiger partial charge in [0.2, 0.25) is 5.91 Å². The van der Waals surface area contributed by atoms with Crippen molar-refractivity contribution in [3.05, 3.63) is 46.3 Å². The van der Waals surface area contributed by atoms with Crippen LogP contribution in [0.25, 0.3) is 0 Å². The van der Waals surface area contributed by atoms with Crippen LogP contribution in [0.5, 0.6) is 0 Å². The van der Waals surface area contributed by atoms with Gasteiger partial charge in [-0.25, -0.2) is 4.98 Å². The average molecular weight is 322 g/mol. The first kappa shape index (κ1) is 16.0. The molecule has 0 atom stereocenters. The van der Waals surface area contributed by atoms with Crippen molar-refractivity contribution in [1.82, 2.24) is 4.98 Å². The highest BCUT2D eigenvalue weighted by Crippen LogP contribution is 2.15. The Morgan fingerprint density at radius 2 is 2.33 bits per heavy atom. The summed E-state index contributed by atoms with van der Waals surface area (Å²) in [6, 6.07) is 7.83. The maximum absolute atomic E-state index is 11.9. The monoisotopic (exact) mass is 322 g/mol. The number of amides is 1. The van der Waals surface area contributed by atoms with Gasteiger partial charge >= 0.3 is 0 Å². The van der Waals surface area contributed by atoms with Crippen molar-refractivity contribution in [2.24, 2.45) is 0 Å². The molecule has 0 saturated heterocycles. The third-order valence-electron chi connectivity index (χ3n) is 2.77. The van der Waals surface area contributed by atoms with Gasteiger partial charge in [0.1, 0.15) is 5.82 Å². The smallest absolute Gasteiger partial charge is 0.225 e. The summed E-state index contributed by atoms with van der Waals surface area (Å²) in [7, 11) is 0. The summed E-state index contributed by atoms with van der Waals surface area (Å²) in [6.07, 6.45) is 2.92. The molecule has 4 nitrogen and oxygen atoms in total. The van der Waals surface area contributed by atoms with Crippen molar-refractivity contribution in [3.8, 4) is 0 Å². The first-order valence-electron chi connectivity index (χ1n) is 6.73. The van der Waals surface area contributed by atoms with Crippen LogP contribution in [0.4, 0.5) is 5.82 Å². The molecule has 0 spiro atoms. The number of aliphatic hydroxyl groups is 1. The second-order valence-electron chi connectivity index (χ2n) is 4.45. The molecule has 2 heterocycles. The molecule has 112 valence electrons. The van der Waals surface area contributed by atoms with Gasteiger partial charge in [-0.05, 0) is 35.6 Å². The quantitative estimate of drug-likeness (QED) is 0.734. The first-order chi connectivity index (χ1) is 10.3. The number of aryl methyl sites for hydroxylation is 1. The highest BCUT2D eigenvalue weighted by atomic mass is 32.2. The third-order valence-corrected chi connectivity index (χ3v) is 4.72. The zero-order valence-electron chi connectivity index (χ0n) is 11.6. The Labute approximate surface area is 132 Å². The number of hydrogen-bond acceptors (Lipinski definition) is 5. The number of nitrogens with zero attached hydrogens (tertiary/aromatic N) is 1. The summed E-state index contributed by atoms with van der Waals surface area (Å²) in [5.41, 5.74) is 1.09. The second-order valence-corrected chi connectivity index (χ2v) is 6.59. The molecule has 0 fully saturated rings. The lowest BCUT2D eigenvalue weighted by molar-refractivity contribution is -0.116. The highest BCUT2D eigenvalue weighted by Gasteiger charge is 2.05. The molecule has 6 heteroatoms. The SMILES string of the molecule is O=C(CCc1cccs1)Nc1cc(CSCCO)ccn1. The third kappa shape index (κ3) is 5.87. The molecule has 0 unspecified atom stereocenters. The molecule has 0 aliphatic rings. The number of aromatic nitrogens is 1. The Bertz CT molecular complexity index is 559. The molecule has 1 amide bonds. The van der Waals surface area contributed by atoms with E-state index in [1.54, 1.807) is 29.3 Å². The molecule has 2 aromatic heterocycles. The van der Waals surface area contributed by atoms with Gasteiger partial charge in [-0.2, -0.15) is 11.8 Å². The van der Waals surface area contributed by atoms with Gasteiger partial charge in [0.05, 0.1) is 6.61 Å². The Morgan fingerprint density at radius 1 is 1.43 bits per heavy atom. The van der Waals surface area contributed by atoms with Crippen LogP contribution in [0.15, 0.2) is 35.8 Å². The van der Waals surface area contributed by atoms with Crippen LogP contribution in [0.1, 0.15) is 16.9 Å². The van der Waals surface area contributed by atoms with E-state index in [0.29, 0.717) is 18.0 Å². The first-order valence-corrected chi connectivity index (χ1v) is 8.77. The van der Waals surface area contributed by atoms with E-state index >= 15 is 0 Å². The zero-order chi connectivity index (χ0) is 14.9. The minimum atomic E-state index is -0.0175. The maximum atomic E-state index is 11.9. The standard InChI is InChI=1S/C15H18N2O2S2/c18-7-9-20-11-12-5-6-16-14(10-12)17-15(19)4-3-13-2-1-8-21-13/h1-2,5-6,8,10,18H,3-4,7,9,11H2,(H,16,17,19). The number of nitrogens with one attached hydrogen (secondary N) is 1. The molecule has 2 N–H and O–H groups in total. The fourth-order valence-corrected chi connectivity index (χ4v) is 3.18. The number of anilines is 1. The number of carbonyl (C=O) groups excluding carboxylic acids is 1. The van der Waals surface area contributed by atoms with Crippen LogP contribution in [-0.2, 0) is 17.0 Å². The number of aliphatic hydroxyl groups excluding tert-OH is 1. The molecular formula is C15H18N2O2S2. The van der Waals surface area contributed by atoms with Gasteiger partial charge in [-0.3, -0.25) is 4.79 Å². The van der Waals surface area contributed by atoms with E-state index in [2.05, 4.69) is 10.3 Å². The van der Waals surface area contributed by atoms with Gasteiger partial charge < -0.3 is 10.4 Å². The predicted octanol–water partition coefficient (Wildman–Crippen LogP) is 2.94. The second kappa shape index (κ2) is 8.81. The van der Waals surface area contributed by atoms with E-state index in [9.17, 15) is 4.79 Å². The Morgan fingerprint density at radius 3 is 3.10 bits per heavy atom. The van der Waals surface area contributed by atoms with E-state index in [1.165, 1.54) is 4.88 Å². The number of hydrogen-bond donors (Lipinski definition) is 2. The van der Waals surface area contributed by atoms with Crippen LogP contribution in [0.2, 0.25) is 0 Å². The number of rotatable bonds is 8. The van der Waals surface area contributed by atoms with Gasteiger partial charge in [0, 0.05) is 29.0 Å². The molecule has 0 saturated carbocycles. The summed E-state index contributed by atoms with van der Waals surface area (Å²) in [5.74, 6) is 2.09. The molecule has 21 heavy (non-hydrogen) atoms. The summed E-state index contributed by atoms with van der Waals surface area (Å²) < 4.78 is 0. The van der Waals surface area contributed by atoms with Crippen molar-refractivity contribution in [2.75, 3.05) is 17.7 Å². The van der Waals surface area contributed by atoms with Gasteiger partial charge in [0.25, 0.3) is 0 Å². The lowest BCUT2D eigenvalue weighted by atomic mass is 10.2. The fraction of sp³-hybridized carbons (Fsp3) is 0.333. The molecule has 0 aliphatic carbocycles. The van der Waals surface area contributed by atoms with Crippen LogP contribution in [-0.4, -0.2) is 28.4 Å². The molecule has 0 aliphatic heterocycles. The van der Waals surface area contributed by atoms with Crippen molar-refractivity contribution in [3.63, 3.8) is 0 Å². The average Bonchev–Trinajstić information content (AvgIpc) is 2.99. The van der Waals surface area contributed by atoms with Gasteiger partial charge in [-0.15, -0.1) is 11.3 Å². The molecule has 2 aromatic rings. The van der Waals surface area contributed by atoms with Crippen molar-refractivity contribution < 1.29 is 9.90 Å². The van der Waals surface area contributed by atoms with Gasteiger partial charge in [-0.1, -0.05) is 6.07 Å². The topological polar surface area (TPSA) is 62.2 Å². The largest absolute Gasteiger partial charge is 0.396 e. The van der Waals surface area contributed by atoms with E-state index in [1.807, 2.05) is 29.6 Å². The van der Waals surface area contributed by atoms with Crippen LogP contribution < -0.4 is 5.32 Å². The Balaban J connectivity index is 1.81. The summed E-state index contributed by atoms with van der Waals surface area (Å²) in [6.45, 7) is 0.183. The summed E-state index contributed by atoms with van der Waals surface area (Å²) in [4.78, 5) is 17.3. The molecule has 0 radical (unpaired) electrons. The lowest BCUT2D eigenvalue weighted by Crippen LogP contribution is -2.13. The summed E-state index contributed by atoms with van der Waals surface area (Å²) >= 11 is 3.32. The zero-order valence-corrected chi connectivity index (χ0v) is 13.3. The molecular weight excluding hydrogens is 304 g/mol. The van der Waals surface area contributed by atoms with Crippen molar-refractivity contribution in [1.29, 1.82) is 0 Å².